The molecule has 1 amide bonds. The predicted octanol–water partition coefficient (Wildman–Crippen LogP) is 4.72. The van der Waals surface area contributed by atoms with Gasteiger partial charge in [-0.3, -0.25) is 9.59 Å². The van der Waals surface area contributed by atoms with Crippen molar-refractivity contribution >= 4 is 17.4 Å². The highest BCUT2D eigenvalue weighted by molar-refractivity contribution is 6.03. The van der Waals surface area contributed by atoms with E-state index in [1.165, 1.54) is 6.92 Å². The first-order valence-corrected chi connectivity index (χ1v) is 8.17. The van der Waals surface area contributed by atoms with Gasteiger partial charge in [-0.25, -0.2) is 0 Å². The Bertz CT molecular complexity index is 881. The van der Waals surface area contributed by atoms with Crippen molar-refractivity contribution in [2.75, 3.05) is 5.32 Å². The van der Waals surface area contributed by atoms with Gasteiger partial charge in [-0.1, -0.05) is 42.5 Å². The Morgan fingerprint density at radius 2 is 1.64 bits per heavy atom. The Morgan fingerprint density at radius 3 is 2.40 bits per heavy atom. The molecule has 2 aromatic carbocycles. The topological polar surface area (TPSA) is 59.3 Å². The fourth-order valence-electron chi connectivity index (χ4n) is 2.62. The van der Waals surface area contributed by atoms with Gasteiger partial charge in [-0.2, -0.15) is 0 Å². The van der Waals surface area contributed by atoms with E-state index in [0.29, 0.717) is 17.7 Å². The number of benzene rings is 2. The summed E-state index contributed by atoms with van der Waals surface area (Å²) < 4.78 is 5.80. The van der Waals surface area contributed by atoms with Crippen molar-refractivity contribution in [3.63, 3.8) is 0 Å². The fourth-order valence-corrected chi connectivity index (χ4v) is 2.62. The van der Waals surface area contributed by atoms with Crippen molar-refractivity contribution in [2.45, 2.75) is 19.8 Å². The predicted molar refractivity (Wildman–Crippen MR) is 97.5 cm³/mol. The second kappa shape index (κ2) is 7.62. The van der Waals surface area contributed by atoms with E-state index in [-0.39, 0.29) is 18.1 Å². The molecule has 4 nitrogen and oxygen atoms in total. The van der Waals surface area contributed by atoms with E-state index in [2.05, 4.69) is 5.32 Å². The maximum atomic E-state index is 12.2. The number of nitrogens with one attached hydrogen (secondary N) is 1. The molecule has 0 spiro atoms. The minimum Gasteiger partial charge on any atom is -0.461 e. The zero-order chi connectivity index (χ0) is 17.6. The molecule has 0 saturated carbocycles. The van der Waals surface area contributed by atoms with E-state index in [4.69, 9.17) is 4.42 Å². The number of furan rings is 1. The van der Waals surface area contributed by atoms with Crippen LogP contribution in [0.4, 0.5) is 5.69 Å². The summed E-state index contributed by atoms with van der Waals surface area (Å²) in [6, 6.07) is 20.6. The fraction of sp³-hybridized carbons (Fsp3) is 0.143. The molecule has 0 aliphatic rings. The molecule has 0 fully saturated rings. The van der Waals surface area contributed by atoms with E-state index in [9.17, 15) is 9.59 Å². The second-order valence-corrected chi connectivity index (χ2v) is 5.78. The van der Waals surface area contributed by atoms with Crippen molar-refractivity contribution in [1.82, 2.24) is 0 Å². The number of ketones is 1. The number of rotatable bonds is 6. The molecule has 25 heavy (non-hydrogen) atoms. The molecule has 0 aliphatic heterocycles. The van der Waals surface area contributed by atoms with E-state index in [1.54, 1.807) is 24.3 Å². The van der Waals surface area contributed by atoms with Crippen molar-refractivity contribution in [3.8, 4) is 11.3 Å². The number of carbonyl (C=O) groups excluding carboxylic acids is 2. The number of Topliss-reactive ketones (excluding diaryl/α,β-unsaturated/α-hetero) is 1. The monoisotopic (exact) mass is 333 g/mol. The molecule has 126 valence electrons. The highest BCUT2D eigenvalue weighted by Gasteiger charge is 2.11. The Kier molecular flexibility index (Phi) is 5.09. The van der Waals surface area contributed by atoms with E-state index >= 15 is 0 Å². The third-order valence-electron chi connectivity index (χ3n) is 3.90. The number of hydrogen-bond donors (Lipinski definition) is 1. The van der Waals surface area contributed by atoms with Gasteiger partial charge in [0, 0.05) is 24.0 Å². The van der Waals surface area contributed by atoms with Crippen molar-refractivity contribution in [3.05, 3.63) is 78.1 Å². The standard InChI is InChI=1S/C21H19NO3/c1-15(23)18-9-5-6-10-19(18)22-21(24)14-12-17-11-13-20(25-17)16-7-3-2-4-8-16/h2-11,13H,12,14H2,1H3,(H,22,24). The third kappa shape index (κ3) is 4.23. The lowest BCUT2D eigenvalue weighted by atomic mass is 10.1. The van der Waals surface area contributed by atoms with Gasteiger partial charge in [0.2, 0.25) is 5.91 Å². The van der Waals surface area contributed by atoms with Gasteiger partial charge < -0.3 is 9.73 Å². The van der Waals surface area contributed by atoms with Gasteiger partial charge in [0.25, 0.3) is 0 Å². The van der Waals surface area contributed by atoms with Gasteiger partial charge in [-0.15, -0.1) is 0 Å². The Hall–Kier alpha value is -3.14. The number of carbonyl (C=O) groups is 2. The first kappa shape index (κ1) is 16.7. The smallest absolute Gasteiger partial charge is 0.224 e. The summed E-state index contributed by atoms with van der Waals surface area (Å²) in [4.78, 5) is 23.8. The van der Waals surface area contributed by atoms with Crippen LogP contribution in [-0.2, 0) is 11.2 Å². The molecule has 1 N–H and O–H groups in total. The zero-order valence-corrected chi connectivity index (χ0v) is 14.0. The Labute approximate surface area is 146 Å². The number of para-hydroxylation sites is 1. The molecule has 0 saturated heterocycles. The van der Waals surface area contributed by atoms with Crippen molar-refractivity contribution < 1.29 is 14.0 Å². The van der Waals surface area contributed by atoms with E-state index in [1.807, 2.05) is 42.5 Å². The molecule has 0 unspecified atom stereocenters. The average Bonchev–Trinajstić information content (AvgIpc) is 3.10. The maximum Gasteiger partial charge on any atom is 0.224 e. The first-order valence-electron chi connectivity index (χ1n) is 8.17. The van der Waals surface area contributed by atoms with E-state index < -0.39 is 0 Å². The van der Waals surface area contributed by atoms with Crippen LogP contribution in [0.3, 0.4) is 0 Å². The largest absolute Gasteiger partial charge is 0.461 e. The summed E-state index contributed by atoms with van der Waals surface area (Å²) in [6.07, 6.45) is 0.787. The van der Waals surface area contributed by atoms with Crippen molar-refractivity contribution in [2.24, 2.45) is 0 Å². The molecule has 3 aromatic rings. The van der Waals surface area contributed by atoms with Gasteiger partial charge in [0.15, 0.2) is 5.78 Å². The molecular formula is C21H19NO3. The van der Waals surface area contributed by atoms with Gasteiger partial charge in [0.1, 0.15) is 11.5 Å². The van der Waals surface area contributed by atoms with Crippen LogP contribution in [0.2, 0.25) is 0 Å². The molecule has 3 rings (SSSR count). The molecule has 1 aromatic heterocycles. The normalized spacial score (nSPS) is 10.4. The van der Waals surface area contributed by atoms with Crippen LogP contribution in [0, 0.1) is 0 Å². The summed E-state index contributed by atoms with van der Waals surface area (Å²) in [6.45, 7) is 1.49. The summed E-state index contributed by atoms with van der Waals surface area (Å²) in [5.74, 6) is 1.33. The number of anilines is 1. The van der Waals surface area contributed by atoms with Crippen molar-refractivity contribution in [1.29, 1.82) is 0 Å². The Balaban J connectivity index is 1.60. The quantitative estimate of drug-likeness (QED) is 0.664. The number of amides is 1. The second-order valence-electron chi connectivity index (χ2n) is 5.78. The van der Waals surface area contributed by atoms with Crippen LogP contribution in [0.15, 0.2) is 71.1 Å². The van der Waals surface area contributed by atoms with Gasteiger partial charge in [-0.05, 0) is 31.2 Å². The highest BCUT2D eigenvalue weighted by atomic mass is 16.3. The lowest BCUT2D eigenvalue weighted by Gasteiger charge is -2.08. The zero-order valence-electron chi connectivity index (χ0n) is 14.0. The molecule has 0 atom stereocenters. The van der Waals surface area contributed by atoms with Crippen LogP contribution in [0.1, 0.15) is 29.5 Å². The Morgan fingerprint density at radius 1 is 0.920 bits per heavy atom. The molecule has 0 bridgehead atoms. The molecular weight excluding hydrogens is 314 g/mol. The van der Waals surface area contributed by atoms with Crippen LogP contribution in [0.5, 0.6) is 0 Å². The van der Waals surface area contributed by atoms with Crippen LogP contribution >= 0.6 is 0 Å². The SMILES string of the molecule is CC(=O)c1ccccc1NC(=O)CCc1ccc(-c2ccccc2)o1. The summed E-state index contributed by atoms with van der Waals surface area (Å²) in [5.41, 5.74) is 2.07. The molecule has 0 radical (unpaired) electrons. The molecule has 1 heterocycles. The summed E-state index contributed by atoms with van der Waals surface area (Å²) in [5, 5.41) is 2.80. The number of hydrogen-bond acceptors (Lipinski definition) is 3. The molecule has 4 heteroatoms. The van der Waals surface area contributed by atoms with E-state index in [0.717, 1.165) is 17.1 Å². The minimum absolute atomic E-state index is 0.0746. The maximum absolute atomic E-state index is 12.2. The van der Waals surface area contributed by atoms with Gasteiger partial charge in [0.05, 0.1) is 5.69 Å². The van der Waals surface area contributed by atoms with Crippen LogP contribution in [-0.4, -0.2) is 11.7 Å². The number of aryl methyl sites for hydroxylation is 1. The highest BCUT2D eigenvalue weighted by Crippen LogP contribution is 2.22. The average molecular weight is 333 g/mol. The molecule has 0 aliphatic carbocycles. The third-order valence-corrected chi connectivity index (χ3v) is 3.90. The summed E-state index contributed by atoms with van der Waals surface area (Å²) in [7, 11) is 0. The lowest BCUT2D eigenvalue weighted by Crippen LogP contribution is -2.14. The minimum atomic E-state index is -0.147. The van der Waals surface area contributed by atoms with Crippen LogP contribution < -0.4 is 5.32 Å². The van der Waals surface area contributed by atoms with Crippen LogP contribution in [0.25, 0.3) is 11.3 Å². The summed E-state index contributed by atoms with van der Waals surface area (Å²) >= 11 is 0. The van der Waals surface area contributed by atoms with Gasteiger partial charge >= 0.3 is 0 Å². The first-order chi connectivity index (χ1) is 12.1. The lowest BCUT2D eigenvalue weighted by molar-refractivity contribution is -0.116.